The van der Waals surface area contributed by atoms with Gasteiger partial charge in [0.25, 0.3) is 5.91 Å². The minimum atomic E-state index is -4.37. The molecule has 148 valence electrons. The van der Waals surface area contributed by atoms with E-state index in [-0.39, 0.29) is 5.91 Å². The van der Waals surface area contributed by atoms with Crippen molar-refractivity contribution in [1.82, 2.24) is 4.90 Å². The molecule has 1 aromatic rings. The van der Waals surface area contributed by atoms with E-state index in [0.717, 1.165) is 50.9 Å². The first-order valence-corrected chi connectivity index (χ1v) is 10.7. The van der Waals surface area contributed by atoms with E-state index in [9.17, 15) is 18.0 Å². The second kappa shape index (κ2) is 6.90. The second-order valence-electron chi connectivity index (χ2n) is 8.11. The van der Waals surface area contributed by atoms with Crippen LogP contribution in [0.3, 0.4) is 0 Å². The SMILES string of the molecule is O=C(N1CCC2(CC1)CSC2)C1(Oc2ccc(C(F)(F)F)cc2)CCCC1. The van der Waals surface area contributed by atoms with Gasteiger partial charge in [-0.15, -0.1) is 0 Å². The van der Waals surface area contributed by atoms with Crippen molar-refractivity contribution in [3.63, 3.8) is 0 Å². The zero-order chi connectivity index (χ0) is 19.1. The van der Waals surface area contributed by atoms with Gasteiger partial charge in [0.2, 0.25) is 0 Å². The number of nitrogens with zero attached hydrogens (tertiary/aromatic N) is 1. The Morgan fingerprint density at radius 3 is 2.07 bits per heavy atom. The molecule has 1 spiro atoms. The quantitative estimate of drug-likeness (QED) is 0.734. The fraction of sp³-hybridized carbons (Fsp3) is 0.650. The van der Waals surface area contributed by atoms with Gasteiger partial charge in [0.15, 0.2) is 5.60 Å². The predicted octanol–water partition coefficient (Wildman–Crippen LogP) is 4.75. The average molecular weight is 399 g/mol. The highest BCUT2D eigenvalue weighted by atomic mass is 32.2. The molecule has 0 unspecified atom stereocenters. The van der Waals surface area contributed by atoms with Crippen molar-refractivity contribution in [1.29, 1.82) is 0 Å². The van der Waals surface area contributed by atoms with Gasteiger partial charge in [-0.3, -0.25) is 4.79 Å². The Labute approximate surface area is 161 Å². The summed E-state index contributed by atoms with van der Waals surface area (Å²) in [4.78, 5) is 15.2. The summed E-state index contributed by atoms with van der Waals surface area (Å²) in [5.74, 6) is 2.74. The molecular formula is C20H24F3NO2S. The molecule has 0 radical (unpaired) electrons. The Morgan fingerprint density at radius 1 is 1.00 bits per heavy atom. The van der Waals surface area contributed by atoms with Gasteiger partial charge < -0.3 is 9.64 Å². The normalized spacial score (nSPS) is 23.9. The molecule has 4 rings (SSSR count). The van der Waals surface area contributed by atoms with E-state index in [0.29, 0.717) is 24.0 Å². The molecule has 1 amide bonds. The molecule has 3 fully saturated rings. The van der Waals surface area contributed by atoms with Crippen LogP contribution in [0.4, 0.5) is 13.2 Å². The maximum Gasteiger partial charge on any atom is 0.416 e. The van der Waals surface area contributed by atoms with E-state index in [4.69, 9.17) is 4.74 Å². The van der Waals surface area contributed by atoms with Crippen LogP contribution in [0.15, 0.2) is 24.3 Å². The van der Waals surface area contributed by atoms with E-state index in [1.165, 1.54) is 23.6 Å². The molecule has 2 saturated heterocycles. The van der Waals surface area contributed by atoms with Gasteiger partial charge >= 0.3 is 6.18 Å². The molecule has 0 N–H and O–H groups in total. The monoisotopic (exact) mass is 399 g/mol. The van der Waals surface area contributed by atoms with Crippen LogP contribution in [0.5, 0.6) is 5.75 Å². The molecule has 1 aromatic carbocycles. The number of halogens is 3. The topological polar surface area (TPSA) is 29.5 Å². The van der Waals surface area contributed by atoms with E-state index in [1.54, 1.807) is 0 Å². The smallest absolute Gasteiger partial charge is 0.416 e. The maximum atomic E-state index is 13.3. The highest BCUT2D eigenvalue weighted by Gasteiger charge is 2.49. The number of carbonyl (C=O) groups excluding carboxylic acids is 1. The summed E-state index contributed by atoms with van der Waals surface area (Å²) in [7, 11) is 0. The number of amides is 1. The lowest BCUT2D eigenvalue weighted by Crippen LogP contribution is -2.56. The number of ether oxygens (including phenoxy) is 1. The summed E-state index contributed by atoms with van der Waals surface area (Å²) in [5.41, 5.74) is -1.20. The highest BCUT2D eigenvalue weighted by molar-refractivity contribution is 8.00. The third-order valence-electron chi connectivity index (χ3n) is 6.22. The van der Waals surface area contributed by atoms with Crippen molar-refractivity contribution in [2.75, 3.05) is 24.6 Å². The maximum absolute atomic E-state index is 13.3. The third kappa shape index (κ3) is 3.67. The van der Waals surface area contributed by atoms with Crippen molar-refractivity contribution in [3.8, 4) is 5.75 Å². The van der Waals surface area contributed by atoms with Gasteiger partial charge in [0, 0.05) is 13.1 Å². The zero-order valence-electron chi connectivity index (χ0n) is 15.2. The number of benzene rings is 1. The van der Waals surface area contributed by atoms with Crippen molar-refractivity contribution in [3.05, 3.63) is 29.8 Å². The molecule has 2 aliphatic heterocycles. The van der Waals surface area contributed by atoms with E-state index >= 15 is 0 Å². The lowest BCUT2D eigenvalue weighted by Gasteiger charge is -2.48. The Hall–Kier alpha value is -1.37. The standard InChI is InChI=1S/C20H24F3NO2S/c21-20(22,23)15-3-5-16(6-4-15)26-19(7-1-2-8-19)17(25)24-11-9-18(10-12-24)13-27-14-18/h3-6H,1-2,7-14H2. The van der Waals surface area contributed by atoms with Gasteiger partial charge in [-0.1, -0.05) is 0 Å². The number of hydrogen-bond acceptors (Lipinski definition) is 3. The molecule has 27 heavy (non-hydrogen) atoms. The summed E-state index contributed by atoms with van der Waals surface area (Å²) in [5, 5.41) is 0. The van der Waals surface area contributed by atoms with Crippen molar-refractivity contribution >= 4 is 17.7 Å². The van der Waals surface area contributed by atoms with E-state index < -0.39 is 17.3 Å². The molecule has 2 heterocycles. The van der Waals surface area contributed by atoms with Gasteiger partial charge in [-0.2, -0.15) is 24.9 Å². The number of hydrogen-bond donors (Lipinski definition) is 0. The summed E-state index contributed by atoms with van der Waals surface area (Å²) < 4.78 is 44.4. The molecule has 0 atom stereocenters. The van der Waals surface area contributed by atoms with Gasteiger partial charge in [0.1, 0.15) is 5.75 Å². The van der Waals surface area contributed by atoms with Crippen LogP contribution in [0.1, 0.15) is 44.1 Å². The minimum absolute atomic E-state index is 0.0155. The van der Waals surface area contributed by atoms with Crippen LogP contribution in [0, 0.1) is 5.41 Å². The van der Waals surface area contributed by atoms with Crippen molar-refractivity contribution < 1.29 is 22.7 Å². The number of likely N-dealkylation sites (tertiary alicyclic amines) is 1. The molecule has 3 aliphatic rings. The van der Waals surface area contributed by atoms with Crippen LogP contribution in [0.2, 0.25) is 0 Å². The van der Waals surface area contributed by atoms with E-state index in [2.05, 4.69) is 0 Å². The minimum Gasteiger partial charge on any atom is -0.477 e. The molecule has 3 nitrogen and oxygen atoms in total. The number of thioether (sulfide) groups is 1. The fourth-order valence-corrected chi connectivity index (χ4v) is 5.75. The summed E-state index contributed by atoms with van der Waals surface area (Å²) >= 11 is 1.97. The van der Waals surface area contributed by atoms with Crippen LogP contribution in [-0.4, -0.2) is 41.0 Å². The molecule has 0 bridgehead atoms. The average Bonchev–Trinajstić information content (AvgIpc) is 3.09. The highest BCUT2D eigenvalue weighted by Crippen LogP contribution is 2.47. The third-order valence-corrected chi connectivity index (χ3v) is 7.86. The van der Waals surface area contributed by atoms with Crippen LogP contribution in [0.25, 0.3) is 0 Å². The first kappa shape index (κ1) is 19.0. The van der Waals surface area contributed by atoms with Crippen molar-refractivity contribution in [2.45, 2.75) is 50.3 Å². The lowest BCUT2D eigenvalue weighted by molar-refractivity contribution is -0.150. The molecule has 1 aliphatic carbocycles. The molecular weight excluding hydrogens is 375 g/mol. The lowest BCUT2D eigenvalue weighted by atomic mass is 9.80. The Kier molecular flexibility index (Phi) is 4.85. The van der Waals surface area contributed by atoms with E-state index in [1.807, 2.05) is 16.7 Å². The molecule has 7 heteroatoms. The number of carbonyl (C=O) groups is 1. The summed E-state index contributed by atoms with van der Waals surface area (Å²) in [6, 6.07) is 4.68. The fourth-order valence-electron chi connectivity index (χ4n) is 4.39. The Bertz CT molecular complexity index is 684. The van der Waals surface area contributed by atoms with Gasteiger partial charge in [0.05, 0.1) is 5.56 Å². The second-order valence-corrected chi connectivity index (χ2v) is 9.10. The van der Waals surface area contributed by atoms with Gasteiger partial charge in [-0.05, 0) is 79.7 Å². The first-order chi connectivity index (χ1) is 12.8. The summed E-state index contributed by atoms with van der Waals surface area (Å²) in [6.07, 6.45) is 0.781. The molecule has 0 aromatic heterocycles. The van der Waals surface area contributed by atoms with Crippen molar-refractivity contribution in [2.24, 2.45) is 5.41 Å². The number of alkyl halides is 3. The zero-order valence-corrected chi connectivity index (χ0v) is 16.0. The number of rotatable bonds is 3. The Balaban J connectivity index is 1.47. The molecule has 1 saturated carbocycles. The summed E-state index contributed by atoms with van der Waals surface area (Å²) in [6.45, 7) is 1.52. The Morgan fingerprint density at radius 2 is 1.59 bits per heavy atom. The largest absolute Gasteiger partial charge is 0.477 e. The van der Waals surface area contributed by atoms with Crippen LogP contribution < -0.4 is 4.74 Å². The number of piperidine rings is 1. The predicted molar refractivity (Wildman–Crippen MR) is 98.8 cm³/mol. The first-order valence-electron chi connectivity index (χ1n) is 9.56. The van der Waals surface area contributed by atoms with Crippen LogP contribution in [-0.2, 0) is 11.0 Å². The van der Waals surface area contributed by atoms with Crippen LogP contribution >= 0.6 is 11.8 Å². The van der Waals surface area contributed by atoms with Gasteiger partial charge in [-0.25, -0.2) is 0 Å².